The van der Waals surface area contributed by atoms with Crippen molar-refractivity contribution in [3.8, 4) is 0 Å². The number of benzene rings is 1. The first-order valence-electron chi connectivity index (χ1n) is 12.8. The first-order valence-corrected chi connectivity index (χ1v) is 14.1. The van der Waals surface area contributed by atoms with Crippen molar-refractivity contribution in [1.82, 2.24) is 0 Å². The van der Waals surface area contributed by atoms with Crippen LogP contribution >= 0.6 is 0 Å². The summed E-state index contributed by atoms with van der Waals surface area (Å²) in [5.74, 6) is 0. The SMILES string of the molecule is CCCCCCCCCCCCCCCCCC[N+](C)(C)Cc1ccccc1.[O-][Br+][O-]. The lowest BCUT2D eigenvalue weighted by molar-refractivity contribution is -1.41. The summed E-state index contributed by atoms with van der Waals surface area (Å²) >= 11 is -1.44. The number of rotatable bonds is 19. The minimum absolute atomic E-state index is 1.11. The van der Waals surface area contributed by atoms with E-state index in [4.69, 9.17) is 8.40 Å². The summed E-state index contributed by atoms with van der Waals surface area (Å²) in [4.78, 5) is 0. The maximum atomic E-state index is 8.41. The normalized spacial score (nSPS) is 11.3. The zero-order valence-corrected chi connectivity index (χ0v) is 22.3. The van der Waals surface area contributed by atoms with E-state index in [-0.39, 0.29) is 0 Å². The lowest BCUT2D eigenvalue weighted by atomic mass is 10.0. The summed E-state index contributed by atoms with van der Waals surface area (Å²) in [6.45, 7) is 4.75. The molecule has 0 unspecified atom stereocenters. The molecule has 0 aliphatic heterocycles. The summed E-state index contributed by atoms with van der Waals surface area (Å²) in [6, 6.07) is 10.9. The largest absolute Gasteiger partial charge is 0.585 e. The second kappa shape index (κ2) is 22.8. The fourth-order valence-electron chi connectivity index (χ4n) is 4.24. The Morgan fingerprint density at radius 2 is 0.968 bits per heavy atom. The van der Waals surface area contributed by atoms with Crippen LogP contribution in [0.3, 0.4) is 0 Å². The van der Waals surface area contributed by atoms with Gasteiger partial charge in [0.1, 0.15) is 6.54 Å². The van der Waals surface area contributed by atoms with E-state index in [1.54, 1.807) is 0 Å². The van der Waals surface area contributed by atoms with E-state index in [0.29, 0.717) is 0 Å². The number of nitrogens with zero attached hydrogens (tertiary/aromatic N) is 1. The molecule has 0 N–H and O–H groups in total. The molecule has 0 atom stereocenters. The standard InChI is InChI=1S/C27H50N.BrO2/c1-4-5-6-7-8-9-10-11-12-13-14-15-16-17-18-22-25-28(2,3)26-27-23-20-19-21-24-27;2-1-3/h19-21,23-24H,4-18,22,25-26H2,1-3H3;/q+1;-1. The molecule has 0 amide bonds. The minimum Gasteiger partial charge on any atom is -0.585 e. The van der Waals surface area contributed by atoms with Gasteiger partial charge in [0.2, 0.25) is 0 Å². The third-order valence-electron chi connectivity index (χ3n) is 6.07. The van der Waals surface area contributed by atoms with Gasteiger partial charge < -0.3 is 12.9 Å². The molecule has 0 radical (unpaired) electrons. The molecular weight excluding hydrogens is 450 g/mol. The van der Waals surface area contributed by atoms with E-state index >= 15 is 0 Å². The molecule has 0 aliphatic carbocycles. The zero-order valence-electron chi connectivity index (χ0n) is 20.8. The smallest absolute Gasteiger partial charge is 0.170 e. The van der Waals surface area contributed by atoms with Crippen LogP contribution < -0.4 is 8.40 Å². The lowest BCUT2D eigenvalue weighted by Crippen LogP contribution is -2.39. The summed E-state index contributed by atoms with van der Waals surface area (Å²) in [6.07, 6.45) is 23.2. The van der Waals surface area contributed by atoms with Crippen molar-refractivity contribution in [2.45, 2.75) is 116 Å². The monoisotopic (exact) mass is 499 g/mol. The van der Waals surface area contributed by atoms with Gasteiger partial charge in [-0.05, 0) is 12.8 Å². The number of quaternary nitrogens is 1. The van der Waals surface area contributed by atoms with Gasteiger partial charge in [0.05, 0.1) is 20.6 Å². The molecule has 1 aromatic carbocycles. The molecule has 0 spiro atoms. The van der Waals surface area contributed by atoms with Gasteiger partial charge in [-0.2, -0.15) is 0 Å². The first-order chi connectivity index (χ1) is 15.1. The molecule has 0 heterocycles. The Balaban J connectivity index is 0.00000282. The van der Waals surface area contributed by atoms with E-state index in [1.807, 2.05) is 0 Å². The van der Waals surface area contributed by atoms with Gasteiger partial charge >= 0.3 is 0 Å². The van der Waals surface area contributed by atoms with E-state index in [9.17, 15) is 0 Å². The third-order valence-corrected chi connectivity index (χ3v) is 6.07. The van der Waals surface area contributed by atoms with Crippen LogP contribution in [0.1, 0.15) is 115 Å². The Morgan fingerprint density at radius 3 is 1.35 bits per heavy atom. The van der Waals surface area contributed by atoms with Gasteiger partial charge in [-0.15, -0.1) is 0 Å². The quantitative estimate of drug-likeness (QED) is 0.169. The highest BCUT2D eigenvalue weighted by Crippen LogP contribution is 2.15. The van der Waals surface area contributed by atoms with Crippen molar-refractivity contribution in [3.63, 3.8) is 0 Å². The Bertz CT molecular complexity index is 468. The molecule has 31 heavy (non-hydrogen) atoms. The molecule has 3 nitrogen and oxygen atoms in total. The number of hydrogen-bond donors (Lipinski definition) is 0. The van der Waals surface area contributed by atoms with Crippen LogP contribution in [-0.4, -0.2) is 25.1 Å². The average Bonchev–Trinajstić information content (AvgIpc) is 2.74. The van der Waals surface area contributed by atoms with Crippen LogP contribution in [0.5, 0.6) is 0 Å². The van der Waals surface area contributed by atoms with Crippen LogP contribution in [0.4, 0.5) is 0 Å². The molecule has 4 heteroatoms. The number of halogens is 1. The van der Waals surface area contributed by atoms with Crippen molar-refractivity contribution in [2.24, 2.45) is 0 Å². The fourth-order valence-corrected chi connectivity index (χ4v) is 4.24. The molecule has 1 aromatic rings. The topological polar surface area (TPSA) is 46.1 Å². The van der Waals surface area contributed by atoms with Gasteiger partial charge in [0, 0.05) is 5.56 Å². The van der Waals surface area contributed by atoms with Crippen LogP contribution in [0, 0.1) is 15.5 Å². The summed E-state index contributed by atoms with van der Waals surface area (Å²) in [5.41, 5.74) is 1.46. The van der Waals surface area contributed by atoms with E-state index in [2.05, 4.69) is 51.4 Å². The second-order valence-corrected chi connectivity index (χ2v) is 9.93. The molecular formula is C27H50BrNO2. The van der Waals surface area contributed by atoms with Crippen LogP contribution in [0.25, 0.3) is 0 Å². The van der Waals surface area contributed by atoms with E-state index in [1.165, 1.54) is 115 Å². The van der Waals surface area contributed by atoms with Gasteiger partial charge in [-0.25, -0.2) is 0 Å². The Morgan fingerprint density at radius 1 is 0.613 bits per heavy atom. The summed E-state index contributed by atoms with van der Waals surface area (Å²) < 4.78 is 17.9. The lowest BCUT2D eigenvalue weighted by Gasteiger charge is -2.30. The Kier molecular flexibility index (Phi) is 22.5. The molecule has 0 bridgehead atoms. The average molecular weight is 501 g/mol. The summed E-state index contributed by atoms with van der Waals surface area (Å²) in [7, 11) is 4.75. The third kappa shape index (κ3) is 22.6. The van der Waals surface area contributed by atoms with Crippen molar-refractivity contribution < 1.29 is 28.4 Å². The van der Waals surface area contributed by atoms with Crippen molar-refractivity contribution >= 4 is 0 Å². The molecule has 1 rings (SSSR count). The van der Waals surface area contributed by atoms with E-state index < -0.39 is 15.5 Å². The highest BCUT2D eigenvalue weighted by Gasteiger charge is 2.14. The predicted molar refractivity (Wildman–Crippen MR) is 127 cm³/mol. The molecule has 0 aromatic heterocycles. The Labute approximate surface area is 201 Å². The maximum Gasteiger partial charge on any atom is 0.170 e. The predicted octanol–water partition coefficient (Wildman–Crippen LogP) is 6.15. The number of hydrogen-bond acceptors (Lipinski definition) is 2. The van der Waals surface area contributed by atoms with Crippen LogP contribution in [-0.2, 0) is 6.54 Å². The molecule has 0 aliphatic rings. The minimum atomic E-state index is -1.44. The second-order valence-electron chi connectivity index (χ2n) is 9.67. The van der Waals surface area contributed by atoms with Gasteiger partial charge in [-0.3, -0.25) is 0 Å². The zero-order chi connectivity index (χ0) is 23.0. The van der Waals surface area contributed by atoms with Gasteiger partial charge in [-0.1, -0.05) is 127 Å². The highest BCUT2D eigenvalue weighted by molar-refractivity contribution is 5.13. The Hall–Kier alpha value is -0.420. The molecule has 0 saturated heterocycles. The number of unbranched alkanes of at least 4 members (excludes halogenated alkanes) is 15. The maximum absolute atomic E-state index is 8.41. The highest BCUT2D eigenvalue weighted by atomic mass is 79.9. The van der Waals surface area contributed by atoms with Crippen molar-refractivity contribution in [1.29, 1.82) is 0 Å². The van der Waals surface area contributed by atoms with Crippen LogP contribution in [0.2, 0.25) is 0 Å². The molecule has 0 saturated carbocycles. The van der Waals surface area contributed by atoms with Crippen molar-refractivity contribution in [3.05, 3.63) is 35.9 Å². The molecule has 182 valence electrons. The molecule has 0 fully saturated rings. The summed E-state index contributed by atoms with van der Waals surface area (Å²) in [5, 5.41) is 0. The first kappa shape index (κ1) is 30.6. The fraction of sp³-hybridized carbons (Fsp3) is 0.778. The van der Waals surface area contributed by atoms with Crippen molar-refractivity contribution in [2.75, 3.05) is 20.6 Å². The van der Waals surface area contributed by atoms with Gasteiger partial charge in [0.25, 0.3) is 0 Å². The van der Waals surface area contributed by atoms with E-state index in [0.717, 1.165) is 11.0 Å². The van der Waals surface area contributed by atoms with Gasteiger partial charge in [0.15, 0.2) is 15.5 Å². The van der Waals surface area contributed by atoms with Crippen LogP contribution in [0.15, 0.2) is 30.3 Å².